The predicted octanol–water partition coefficient (Wildman–Crippen LogP) is 3.30. The van der Waals surface area contributed by atoms with E-state index in [9.17, 15) is 14.3 Å². The number of aliphatic hydroxyl groups is 1. The lowest BCUT2D eigenvalue weighted by Crippen LogP contribution is -2.46. The normalized spacial score (nSPS) is 16.1. The largest absolute Gasteiger partial charge is 0.389 e. The van der Waals surface area contributed by atoms with Crippen molar-refractivity contribution in [1.29, 1.82) is 5.26 Å². The number of benzene rings is 2. The number of nitrogens with two attached hydrogens (primary N) is 1. The average molecular weight is 516 g/mol. The minimum atomic E-state index is -0.920. The van der Waals surface area contributed by atoms with Crippen molar-refractivity contribution < 1.29 is 14.3 Å². The van der Waals surface area contributed by atoms with Gasteiger partial charge in [-0.25, -0.2) is 4.39 Å². The van der Waals surface area contributed by atoms with Crippen LogP contribution in [0.4, 0.5) is 4.39 Å². The summed E-state index contributed by atoms with van der Waals surface area (Å²) in [5, 5.41) is 29.3. The number of halogens is 1. The molecule has 1 amide bonds. The van der Waals surface area contributed by atoms with Gasteiger partial charge in [-0.3, -0.25) is 14.2 Å². The lowest BCUT2D eigenvalue weighted by Gasteiger charge is -2.30. The molecular formula is C28H30FN7O2. The van der Waals surface area contributed by atoms with Crippen molar-refractivity contribution in [1.82, 2.24) is 24.5 Å². The molecule has 0 radical (unpaired) electrons. The number of nitriles is 1. The molecule has 9 nitrogen and oxygen atoms in total. The van der Waals surface area contributed by atoms with Gasteiger partial charge in [0.05, 0.1) is 29.4 Å². The summed E-state index contributed by atoms with van der Waals surface area (Å²) in [6.45, 7) is 5.01. The number of carbonyl (C=O) groups is 1. The van der Waals surface area contributed by atoms with Crippen molar-refractivity contribution >= 4 is 16.8 Å². The fraction of sp³-hybridized carbons (Fsp3) is 0.357. The van der Waals surface area contributed by atoms with Gasteiger partial charge in [0.25, 0.3) is 0 Å². The first-order valence-electron chi connectivity index (χ1n) is 12.6. The van der Waals surface area contributed by atoms with Crippen LogP contribution in [0.15, 0.2) is 48.8 Å². The van der Waals surface area contributed by atoms with Gasteiger partial charge in [0.2, 0.25) is 5.91 Å². The third kappa shape index (κ3) is 5.30. The molecule has 1 saturated heterocycles. The molecule has 10 heteroatoms. The van der Waals surface area contributed by atoms with Crippen molar-refractivity contribution in [3.8, 4) is 28.5 Å². The van der Waals surface area contributed by atoms with Gasteiger partial charge >= 0.3 is 0 Å². The molecule has 0 spiro atoms. The molecular weight excluding hydrogens is 485 g/mol. The van der Waals surface area contributed by atoms with E-state index in [1.807, 2.05) is 24.3 Å². The van der Waals surface area contributed by atoms with E-state index < -0.39 is 11.4 Å². The highest BCUT2D eigenvalue weighted by atomic mass is 19.1. The van der Waals surface area contributed by atoms with E-state index in [1.165, 1.54) is 12.1 Å². The molecule has 1 fully saturated rings. The zero-order valence-corrected chi connectivity index (χ0v) is 21.4. The van der Waals surface area contributed by atoms with Crippen molar-refractivity contribution in [2.75, 3.05) is 13.1 Å². The minimum Gasteiger partial charge on any atom is -0.389 e. The molecule has 2 aromatic heterocycles. The molecule has 0 unspecified atom stereocenters. The Morgan fingerprint density at radius 1 is 1.26 bits per heavy atom. The second-order valence-corrected chi connectivity index (χ2v) is 10.5. The van der Waals surface area contributed by atoms with Crippen LogP contribution in [0.5, 0.6) is 0 Å². The summed E-state index contributed by atoms with van der Waals surface area (Å²) in [7, 11) is 0. The number of carbonyl (C=O) groups excluding carboxylic acids is 1. The molecule has 1 atom stereocenters. The number of amides is 1. The molecule has 0 bridgehead atoms. The van der Waals surface area contributed by atoms with Crippen LogP contribution >= 0.6 is 0 Å². The van der Waals surface area contributed by atoms with Gasteiger partial charge < -0.3 is 15.7 Å². The fourth-order valence-electron chi connectivity index (χ4n) is 4.90. The van der Waals surface area contributed by atoms with Crippen molar-refractivity contribution in [3.63, 3.8) is 0 Å². The Morgan fingerprint density at radius 3 is 2.76 bits per heavy atom. The number of piperidine rings is 1. The Balaban J connectivity index is 1.54. The van der Waals surface area contributed by atoms with Crippen molar-refractivity contribution in [2.24, 2.45) is 5.73 Å². The second kappa shape index (κ2) is 10.0. The van der Waals surface area contributed by atoms with E-state index in [0.717, 1.165) is 34.9 Å². The highest BCUT2D eigenvalue weighted by Crippen LogP contribution is 2.34. The Bertz CT molecular complexity index is 1540. The van der Waals surface area contributed by atoms with Gasteiger partial charge in [-0.15, -0.1) is 0 Å². The molecule has 3 heterocycles. The maximum absolute atomic E-state index is 14.6. The number of nitrogens with zero attached hydrogens (tertiary/aromatic N) is 6. The van der Waals surface area contributed by atoms with Crippen molar-refractivity contribution in [3.05, 3.63) is 60.2 Å². The fourth-order valence-corrected chi connectivity index (χ4v) is 4.90. The number of hydrogen-bond donors (Lipinski definition) is 2. The predicted molar refractivity (Wildman–Crippen MR) is 141 cm³/mol. The first-order chi connectivity index (χ1) is 18.1. The summed E-state index contributed by atoms with van der Waals surface area (Å²) in [6, 6.07) is 12.0. The molecule has 2 aromatic carbocycles. The zero-order chi connectivity index (χ0) is 27.0. The Hall–Kier alpha value is -4.07. The lowest BCUT2D eigenvalue weighted by atomic mass is 10.00. The quantitative estimate of drug-likeness (QED) is 0.406. The summed E-state index contributed by atoms with van der Waals surface area (Å²) in [5.74, 6) is -0.706. The molecule has 3 N–H and O–H groups in total. The van der Waals surface area contributed by atoms with Crippen LogP contribution in [0.3, 0.4) is 0 Å². The van der Waals surface area contributed by atoms with Crippen LogP contribution in [-0.4, -0.2) is 60.2 Å². The topological polar surface area (TPSA) is 126 Å². The van der Waals surface area contributed by atoms with E-state index in [-0.39, 0.29) is 24.1 Å². The standard InChI is InChI=1S/C28H30FN7O2/c1-28(2,38)17-36-25-8-7-18(10-21(25)13-32-36)23-15-35(16-26(37)34-9-3-4-22(31)14-34)33-27(23)19-5-6-20(12-30)24(29)11-19/h5-8,10-11,13,15,22,38H,3-4,9,14,16-17,31H2,1-2H3/t22-/m1/s1. The van der Waals surface area contributed by atoms with E-state index in [0.29, 0.717) is 30.9 Å². The van der Waals surface area contributed by atoms with Crippen LogP contribution in [0, 0.1) is 17.1 Å². The highest BCUT2D eigenvalue weighted by Gasteiger charge is 2.23. The first kappa shape index (κ1) is 25.6. The number of rotatable bonds is 6. The van der Waals surface area contributed by atoms with E-state index >= 15 is 0 Å². The van der Waals surface area contributed by atoms with Gasteiger partial charge in [-0.2, -0.15) is 15.5 Å². The van der Waals surface area contributed by atoms with E-state index in [4.69, 9.17) is 11.0 Å². The molecule has 1 aliphatic heterocycles. The monoisotopic (exact) mass is 515 g/mol. The molecule has 38 heavy (non-hydrogen) atoms. The smallest absolute Gasteiger partial charge is 0.244 e. The minimum absolute atomic E-state index is 0.0258. The number of likely N-dealkylation sites (tertiary alicyclic amines) is 1. The third-order valence-corrected chi connectivity index (χ3v) is 6.72. The molecule has 4 aromatic rings. The maximum atomic E-state index is 14.6. The van der Waals surface area contributed by atoms with Crippen LogP contribution in [-0.2, 0) is 17.9 Å². The zero-order valence-electron chi connectivity index (χ0n) is 21.4. The molecule has 196 valence electrons. The molecule has 5 rings (SSSR count). The van der Waals surface area contributed by atoms with E-state index in [1.54, 1.807) is 46.6 Å². The Labute approximate surface area is 219 Å². The van der Waals surface area contributed by atoms with E-state index in [2.05, 4.69) is 10.2 Å². The number of aromatic nitrogens is 4. The summed E-state index contributed by atoms with van der Waals surface area (Å²) in [5.41, 5.74) is 8.49. The lowest BCUT2D eigenvalue weighted by molar-refractivity contribution is -0.133. The molecule has 1 aliphatic rings. The molecule has 0 aliphatic carbocycles. The van der Waals surface area contributed by atoms with Crippen LogP contribution in [0.1, 0.15) is 32.3 Å². The molecule has 0 saturated carbocycles. The SMILES string of the molecule is CC(C)(O)Cn1ncc2cc(-c3cn(CC(=O)N4CCC[C@@H](N)C4)nc3-c3ccc(C#N)c(F)c3)ccc21. The van der Waals surface area contributed by atoms with Gasteiger partial charge in [-0.05, 0) is 56.5 Å². The third-order valence-electron chi connectivity index (χ3n) is 6.72. The van der Waals surface area contributed by atoms with Gasteiger partial charge in [-0.1, -0.05) is 12.1 Å². The Kier molecular flexibility index (Phi) is 6.73. The summed E-state index contributed by atoms with van der Waals surface area (Å²) in [4.78, 5) is 14.8. The average Bonchev–Trinajstić information content (AvgIpc) is 3.46. The van der Waals surface area contributed by atoms with Crippen LogP contribution in [0.2, 0.25) is 0 Å². The van der Waals surface area contributed by atoms with Crippen molar-refractivity contribution in [2.45, 2.75) is 51.4 Å². The number of hydrogen-bond acceptors (Lipinski definition) is 6. The van der Waals surface area contributed by atoms with Gasteiger partial charge in [0.15, 0.2) is 0 Å². The van der Waals surface area contributed by atoms with Gasteiger partial charge in [0, 0.05) is 41.8 Å². The Morgan fingerprint density at radius 2 is 2.05 bits per heavy atom. The van der Waals surface area contributed by atoms with Crippen LogP contribution < -0.4 is 5.73 Å². The maximum Gasteiger partial charge on any atom is 0.244 e. The summed E-state index contributed by atoms with van der Waals surface area (Å²) >= 11 is 0. The van der Waals surface area contributed by atoms with Gasteiger partial charge in [0.1, 0.15) is 24.1 Å². The first-order valence-corrected chi connectivity index (χ1v) is 12.6. The highest BCUT2D eigenvalue weighted by molar-refractivity contribution is 5.89. The van der Waals surface area contributed by atoms with Crippen LogP contribution in [0.25, 0.3) is 33.3 Å². The number of fused-ring (bicyclic) bond motifs is 1. The summed E-state index contributed by atoms with van der Waals surface area (Å²) in [6.07, 6.45) is 5.29. The second-order valence-electron chi connectivity index (χ2n) is 10.5. The summed E-state index contributed by atoms with van der Waals surface area (Å²) < 4.78 is 17.9.